The van der Waals surface area contributed by atoms with Gasteiger partial charge in [0.2, 0.25) is 0 Å². The molecule has 2 N–H and O–H groups in total. The molecular weight excluding hydrogens is 1890 g/mol. The molecule has 0 spiro atoms. The molecule has 7 aliphatic rings. The number of para-hydroxylation sites is 1. The SMILES string of the molecule is CC(C)(C)c1cc(CN2CC[C@@H](O)C2)cc(C(F)(F)F)c1.CC(C)(C)c1cc(F)cc(Cn2ccnc2)c1.CC(C)(C)c1cc(NCCN2CCOCC2)cc(C(F)(F)F)c1.CN(C)[C@@H]1CCN(Cc2cc(C(C)(C)C)cc(C(F)(F)F)c2)C1.CN1CCC(N(C)c2c(F)cccc2C(C)(C)C)C1.CN1CCN(Cc2cc(C(C)(C)C)cc(P(C)(C)=O)c2)CC1.CN1CCN(Cc2cc(C3CC3)cc(C(C)(C)C)c2)CC1. The van der Waals surface area contributed by atoms with Crippen molar-refractivity contribution in [3.63, 3.8) is 0 Å². The van der Waals surface area contributed by atoms with Gasteiger partial charge in [-0.25, -0.2) is 13.8 Å². The summed E-state index contributed by atoms with van der Waals surface area (Å²) in [6.07, 6.45) is -2.35. The van der Waals surface area contributed by atoms with Crippen LogP contribution >= 0.6 is 7.14 Å². The molecule has 0 radical (unpaired) electrons. The van der Waals surface area contributed by atoms with Crippen LogP contribution in [0, 0.1) is 11.6 Å². The third kappa shape index (κ3) is 39.5. The molecule has 7 fully saturated rings. The van der Waals surface area contributed by atoms with Crippen LogP contribution in [0.4, 0.5) is 59.7 Å². The Hall–Kier alpha value is -7.63. The van der Waals surface area contributed by atoms with Crippen LogP contribution in [-0.2, 0) is 98.5 Å². The van der Waals surface area contributed by atoms with E-state index >= 15 is 0 Å². The van der Waals surface area contributed by atoms with Crippen LogP contribution in [0.2, 0.25) is 0 Å². The van der Waals surface area contributed by atoms with Crippen molar-refractivity contribution in [2.75, 3.05) is 197 Å². The second-order valence-electron chi connectivity index (χ2n) is 49.7. The summed E-state index contributed by atoms with van der Waals surface area (Å²) in [5.74, 6) is 0.565. The Kier molecular flexibility index (Phi) is 42.7. The van der Waals surface area contributed by atoms with Crippen molar-refractivity contribution in [2.24, 2.45) is 0 Å². The van der Waals surface area contributed by atoms with E-state index in [1.54, 1.807) is 36.3 Å². The van der Waals surface area contributed by atoms with E-state index in [1.807, 2.05) is 129 Å². The second-order valence-corrected chi connectivity index (χ2v) is 53.0. The van der Waals surface area contributed by atoms with Crippen molar-refractivity contribution in [3.05, 3.63) is 247 Å². The molecule has 1 unspecified atom stereocenters. The standard InChI is InChI=1S/C19H30N2.C18H27F3N2.C18H31N2OP.C17H25F3N2O.C16H22F3NO.C16H25FN2.C14H17FN2/c1-19(2,3)18-12-15(11-17(13-18)16-5-6-16)14-21-9-7-20(4)8-10-21;1-17(2,3)14-8-13(9-15(10-14)18(19,20)21)11-23-7-6-16(12-23)22(4)5;1-18(2,3)16-11-15(12-17(13-16)22(5,6)21)14-20-9-7-19(4)8-10-20;1-16(2,3)13-10-14(17(18,19)20)12-15(11-13)21-4-5-22-6-8-23-9-7-22;1-15(2,3)12-6-11(7-13(8-12)16(17,18)19)9-20-5-4-14(21)10-20;1-16(2,3)13-7-6-8-14(17)15(13)19(5)12-9-10-18(4)11-12;1-14(2,3)12-6-11(7-13(15)8-12)9-17-5-4-16-10-17/h11-13,16H,5-10,14H2,1-4H3;8-10,16H,6-7,11-12H2,1-5H3;11-13H,7-10,14H2,1-6H3;10-12,21H,4-9H2,1-3H3;6-8,14,21H,4-5,9-10H2,1-3H3;6-8,12H,9-11H2,1-5H3;4-8,10H,9H2,1-3H3/t;16-;;;14-;;/m.1..1../s1. The number of likely N-dealkylation sites (N-methyl/N-ethyl adjacent to an activating group) is 5. The van der Waals surface area contributed by atoms with Gasteiger partial charge in [-0.1, -0.05) is 200 Å². The van der Waals surface area contributed by atoms with E-state index in [1.165, 1.54) is 97.7 Å². The number of hydrogen-bond donors (Lipinski definition) is 2. The molecule has 814 valence electrons. The molecule has 146 heavy (non-hydrogen) atoms. The molecule has 1 saturated carbocycles. The van der Waals surface area contributed by atoms with Crippen LogP contribution in [0.15, 0.2) is 146 Å². The van der Waals surface area contributed by atoms with Gasteiger partial charge in [0, 0.05) is 187 Å². The first-order valence-corrected chi connectivity index (χ1v) is 55.1. The Bertz CT molecular complexity index is 5350. The number of anilines is 2. The summed E-state index contributed by atoms with van der Waals surface area (Å²) in [6, 6.07) is 38.6. The van der Waals surface area contributed by atoms with Gasteiger partial charge in [0.25, 0.3) is 0 Å². The summed E-state index contributed by atoms with van der Waals surface area (Å²) < 4.78 is 166. The maximum absolute atomic E-state index is 14.3. The number of likely N-dealkylation sites (tertiary alicyclic amines) is 3. The van der Waals surface area contributed by atoms with Crippen molar-refractivity contribution >= 4 is 23.8 Å². The summed E-state index contributed by atoms with van der Waals surface area (Å²) in [5, 5.41) is 13.7. The fourth-order valence-electron chi connectivity index (χ4n) is 18.7. The van der Waals surface area contributed by atoms with Crippen LogP contribution in [0.3, 0.4) is 0 Å². The van der Waals surface area contributed by atoms with E-state index < -0.39 is 42.4 Å². The van der Waals surface area contributed by atoms with Crippen molar-refractivity contribution in [1.82, 2.24) is 53.7 Å². The monoisotopic (exact) mass is 2060 g/mol. The molecule has 28 heteroatoms. The number of imidazole rings is 1. The number of rotatable bonds is 19. The third-order valence-electron chi connectivity index (χ3n) is 28.6. The highest BCUT2D eigenvalue weighted by molar-refractivity contribution is 7.70. The van der Waals surface area contributed by atoms with Gasteiger partial charge < -0.3 is 48.8 Å². The smallest absolute Gasteiger partial charge is 0.392 e. The van der Waals surface area contributed by atoms with E-state index in [-0.39, 0.29) is 55.6 Å². The Morgan fingerprint density at radius 2 is 0.822 bits per heavy atom. The maximum atomic E-state index is 14.3. The molecule has 0 amide bonds. The van der Waals surface area contributed by atoms with Crippen LogP contribution < -0.4 is 15.5 Å². The molecule has 16 nitrogen and oxygen atoms in total. The van der Waals surface area contributed by atoms with Crippen molar-refractivity contribution in [3.8, 4) is 0 Å². The van der Waals surface area contributed by atoms with Gasteiger partial charge in [-0.2, -0.15) is 39.5 Å². The van der Waals surface area contributed by atoms with Gasteiger partial charge in [0.1, 0.15) is 18.8 Å². The Morgan fingerprint density at radius 3 is 1.24 bits per heavy atom. The minimum atomic E-state index is -4.33. The zero-order chi connectivity index (χ0) is 109. The molecule has 3 atom stereocenters. The third-order valence-corrected chi connectivity index (χ3v) is 30.1. The van der Waals surface area contributed by atoms with Crippen LogP contribution in [-0.4, -0.2) is 264 Å². The second kappa shape index (κ2) is 51.2. The van der Waals surface area contributed by atoms with E-state index in [0.717, 1.165) is 162 Å². The molecule has 1 aromatic heterocycles. The minimum Gasteiger partial charge on any atom is -0.392 e. The summed E-state index contributed by atoms with van der Waals surface area (Å²) in [5.41, 5.74) is 12.7. The lowest BCUT2D eigenvalue weighted by Gasteiger charge is -2.33. The fraction of sp³-hybridized carbons (Fsp3) is 0.619. The van der Waals surface area contributed by atoms with Crippen LogP contribution in [0.1, 0.15) is 272 Å². The summed E-state index contributed by atoms with van der Waals surface area (Å²) >= 11 is 0. The molecule has 15 rings (SSSR count). The molecule has 7 aromatic carbocycles. The maximum Gasteiger partial charge on any atom is 0.416 e. The first kappa shape index (κ1) is 122. The zero-order valence-electron chi connectivity index (χ0n) is 93.6. The van der Waals surface area contributed by atoms with E-state index in [9.17, 15) is 58.0 Å². The highest BCUT2D eigenvalue weighted by Crippen LogP contribution is 2.45. The minimum absolute atomic E-state index is 0.0359. The van der Waals surface area contributed by atoms with E-state index in [2.05, 4.69) is 215 Å². The first-order chi connectivity index (χ1) is 67.4. The number of aliphatic hydroxyl groups is 1. The van der Waals surface area contributed by atoms with Crippen molar-refractivity contribution < 1.29 is 62.7 Å². The summed E-state index contributed by atoms with van der Waals surface area (Å²) in [4.78, 5) is 27.0. The lowest BCUT2D eigenvalue weighted by atomic mass is 9.84. The quantitative estimate of drug-likeness (QED) is 0.0592. The number of ether oxygens (including phenoxy) is 1. The number of piperazine rings is 2. The summed E-state index contributed by atoms with van der Waals surface area (Å²) in [7, 11) is 10.4. The molecule has 0 bridgehead atoms. The molecule has 6 saturated heterocycles. The number of nitrogens with zero attached hydrogens (tertiary/aromatic N) is 12. The number of nitrogens with one attached hydrogen (secondary N) is 1. The van der Waals surface area contributed by atoms with Gasteiger partial charge >= 0.3 is 18.5 Å². The zero-order valence-corrected chi connectivity index (χ0v) is 94.5. The van der Waals surface area contributed by atoms with Crippen molar-refractivity contribution in [1.29, 1.82) is 0 Å². The average Bonchev–Trinajstić information content (AvgIpc) is 1.45. The topological polar surface area (TPSA) is 109 Å². The normalized spacial score (nSPS) is 19.0. The molecule has 7 heterocycles. The van der Waals surface area contributed by atoms with Crippen LogP contribution in [0.5, 0.6) is 0 Å². The predicted octanol–water partition coefficient (Wildman–Crippen LogP) is 24.7. The van der Waals surface area contributed by atoms with E-state index in [0.29, 0.717) is 73.6 Å². The highest BCUT2D eigenvalue weighted by atomic mass is 31.2. The predicted molar refractivity (Wildman–Crippen MR) is 582 cm³/mol. The summed E-state index contributed by atoms with van der Waals surface area (Å²) in [6.45, 7) is 70.3. The number of benzene rings is 7. The molecule has 8 aromatic rings. The highest BCUT2D eigenvalue weighted by Gasteiger charge is 2.39. The largest absolute Gasteiger partial charge is 0.416 e. The molecule has 6 aliphatic heterocycles. The fourth-order valence-corrected chi connectivity index (χ4v) is 19.6. The Balaban J connectivity index is 0.000000190. The Morgan fingerprint density at radius 1 is 0.411 bits per heavy atom. The van der Waals surface area contributed by atoms with Crippen LogP contribution in [0.25, 0.3) is 0 Å². The van der Waals surface area contributed by atoms with Gasteiger partial charge in [-0.05, 0) is 276 Å². The molecule has 1 aliphatic carbocycles. The number of halogens is 11. The number of β-amino-alcohol motifs (C(OH)–C–C–N with tert-alkyl or cyclic N) is 1. The van der Waals surface area contributed by atoms with Gasteiger partial charge in [-0.3, -0.25) is 24.5 Å². The lowest BCUT2D eigenvalue weighted by Crippen LogP contribution is -2.44. The molecular formula is C118H177F11N13O3P. The average molecular weight is 2070 g/mol. The van der Waals surface area contributed by atoms with Crippen molar-refractivity contribution in [2.45, 2.75) is 291 Å². The lowest BCUT2D eigenvalue weighted by molar-refractivity contribution is -0.138. The number of hydrogen-bond acceptors (Lipinski definition) is 15. The van der Waals surface area contributed by atoms with Gasteiger partial charge in [0.15, 0.2) is 0 Å². The number of alkyl halides is 9. The Labute approximate surface area is 869 Å². The number of morpholine rings is 1. The number of aromatic nitrogens is 2. The van der Waals surface area contributed by atoms with E-state index in [4.69, 9.17) is 4.74 Å². The van der Waals surface area contributed by atoms with Gasteiger partial charge in [-0.15, -0.1) is 0 Å². The van der Waals surface area contributed by atoms with Gasteiger partial charge in [0.05, 0.1) is 48.0 Å². The number of aliphatic hydroxyl groups excluding tert-OH is 1. The first-order valence-electron chi connectivity index (χ1n) is 52.5.